The summed E-state index contributed by atoms with van der Waals surface area (Å²) < 4.78 is 0. The summed E-state index contributed by atoms with van der Waals surface area (Å²) in [6.45, 7) is 2.94. The molecular weight excluding hydrogens is 246 g/mol. The van der Waals surface area contributed by atoms with Crippen molar-refractivity contribution in [2.75, 3.05) is 11.4 Å². The van der Waals surface area contributed by atoms with Crippen molar-refractivity contribution in [2.24, 2.45) is 0 Å². The van der Waals surface area contributed by atoms with Crippen LogP contribution in [0.3, 0.4) is 0 Å². The van der Waals surface area contributed by atoms with Gasteiger partial charge >= 0.3 is 0 Å². The number of rotatable bonds is 3. The van der Waals surface area contributed by atoms with Crippen LogP contribution in [0, 0.1) is 0 Å². The van der Waals surface area contributed by atoms with E-state index in [4.69, 9.17) is 0 Å². The second-order valence-electron chi connectivity index (χ2n) is 5.21. The Bertz CT molecular complexity index is 616. The van der Waals surface area contributed by atoms with Crippen molar-refractivity contribution in [1.82, 2.24) is 0 Å². The van der Waals surface area contributed by atoms with Gasteiger partial charge in [-0.1, -0.05) is 25.1 Å². The summed E-state index contributed by atoms with van der Waals surface area (Å²) in [5.74, 6) is 0.204. The molecule has 0 amide bonds. The molecule has 0 saturated carbocycles. The Hall–Kier alpha value is -2.09. The fraction of sp³-hybridized carbons (Fsp3) is 0.278. The Labute approximate surface area is 120 Å². The highest BCUT2D eigenvalue weighted by Crippen LogP contribution is 2.33. The summed E-state index contributed by atoms with van der Waals surface area (Å²) in [5, 5.41) is 0. The Balaban J connectivity index is 1.92. The molecule has 2 nitrogen and oxygen atoms in total. The van der Waals surface area contributed by atoms with Gasteiger partial charge in [0.2, 0.25) is 0 Å². The number of fused-ring (bicyclic) bond motifs is 1. The molecule has 0 aliphatic carbocycles. The second-order valence-corrected chi connectivity index (χ2v) is 5.21. The minimum atomic E-state index is 0.204. The maximum atomic E-state index is 11.7. The maximum Gasteiger partial charge on any atom is 0.162 e. The lowest BCUT2D eigenvalue weighted by molar-refractivity contribution is 0.0988. The van der Waals surface area contributed by atoms with Gasteiger partial charge in [-0.15, -0.1) is 0 Å². The van der Waals surface area contributed by atoms with Gasteiger partial charge in [0.05, 0.1) is 0 Å². The molecule has 0 aromatic heterocycles. The average molecular weight is 265 g/mol. The molecule has 1 heterocycles. The number of aryl methyl sites for hydroxylation is 1. The molecular formula is C18H19NO. The number of hydrogen-bond donors (Lipinski definition) is 0. The van der Waals surface area contributed by atoms with Crippen molar-refractivity contribution in [2.45, 2.75) is 26.2 Å². The molecule has 1 aliphatic heterocycles. The monoisotopic (exact) mass is 265 g/mol. The number of anilines is 2. The van der Waals surface area contributed by atoms with E-state index < -0.39 is 0 Å². The van der Waals surface area contributed by atoms with Crippen LogP contribution < -0.4 is 4.90 Å². The first kappa shape index (κ1) is 12.9. The smallest absolute Gasteiger partial charge is 0.162 e. The molecule has 20 heavy (non-hydrogen) atoms. The molecule has 0 radical (unpaired) electrons. The van der Waals surface area contributed by atoms with Crippen LogP contribution in [-0.4, -0.2) is 12.3 Å². The van der Waals surface area contributed by atoms with Crippen LogP contribution in [0.1, 0.15) is 35.7 Å². The Morgan fingerprint density at radius 2 is 1.85 bits per heavy atom. The van der Waals surface area contributed by atoms with Gasteiger partial charge < -0.3 is 4.90 Å². The third-order valence-corrected chi connectivity index (χ3v) is 3.93. The number of Topliss-reactive ketones (excluding diaryl/α,β-unsaturated/α-hetero) is 1. The first-order valence-electron chi connectivity index (χ1n) is 7.28. The van der Waals surface area contributed by atoms with Crippen molar-refractivity contribution in [1.29, 1.82) is 0 Å². The van der Waals surface area contributed by atoms with Crippen LogP contribution in [0.25, 0.3) is 0 Å². The molecule has 0 saturated heterocycles. The lowest BCUT2D eigenvalue weighted by Gasteiger charge is -2.31. The van der Waals surface area contributed by atoms with Gasteiger partial charge in [0.1, 0.15) is 0 Å². The SMILES string of the molecule is CCC(=O)c1ccc(N2CCCc3ccccc32)cc1. The van der Waals surface area contributed by atoms with E-state index in [1.54, 1.807) is 0 Å². The average Bonchev–Trinajstić information content (AvgIpc) is 2.54. The van der Waals surface area contributed by atoms with Gasteiger partial charge in [-0.25, -0.2) is 0 Å². The Morgan fingerprint density at radius 3 is 2.60 bits per heavy atom. The number of carbonyl (C=O) groups excluding carboxylic acids is 1. The molecule has 2 aromatic carbocycles. The number of benzene rings is 2. The summed E-state index contributed by atoms with van der Waals surface area (Å²) in [6, 6.07) is 16.6. The van der Waals surface area contributed by atoms with Crippen LogP contribution in [0.5, 0.6) is 0 Å². The predicted octanol–water partition coefficient (Wildman–Crippen LogP) is 4.36. The standard InChI is InChI=1S/C18H19NO/c1-2-18(20)15-9-11-16(12-10-15)19-13-5-7-14-6-3-4-8-17(14)19/h3-4,6,8-12H,2,5,7,13H2,1H3. The molecule has 0 bridgehead atoms. The molecule has 3 rings (SSSR count). The van der Waals surface area contributed by atoms with Crippen molar-refractivity contribution in [3.63, 3.8) is 0 Å². The van der Waals surface area contributed by atoms with Crippen LogP contribution in [-0.2, 0) is 6.42 Å². The van der Waals surface area contributed by atoms with Crippen molar-refractivity contribution in [3.05, 3.63) is 59.7 Å². The molecule has 0 fully saturated rings. The van der Waals surface area contributed by atoms with Crippen LogP contribution in [0.15, 0.2) is 48.5 Å². The van der Waals surface area contributed by atoms with Gasteiger partial charge in [-0.3, -0.25) is 4.79 Å². The largest absolute Gasteiger partial charge is 0.341 e. The van der Waals surface area contributed by atoms with E-state index in [1.165, 1.54) is 23.4 Å². The van der Waals surface area contributed by atoms with Gasteiger partial charge in [-0.2, -0.15) is 0 Å². The summed E-state index contributed by atoms with van der Waals surface area (Å²) in [4.78, 5) is 14.0. The fourth-order valence-electron chi connectivity index (χ4n) is 2.83. The number of nitrogens with zero attached hydrogens (tertiary/aromatic N) is 1. The van der Waals surface area contributed by atoms with Crippen molar-refractivity contribution < 1.29 is 4.79 Å². The zero-order chi connectivity index (χ0) is 13.9. The molecule has 2 aromatic rings. The summed E-state index contributed by atoms with van der Waals surface area (Å²) in [5.41, 5.74) is 4.69. The zero-order valence-electron chi connectivity index (χ0n) is 11.8. The zero-order valence-corrected chi connectivity index (χ0v) is 11.8. The van der Waals surface area contributed by atoms with Crippen LogP contribution in [0.4, 0.5) is 11.4 Å². The Morgan fingerprint density at radius 1 is 1.10 bits per heavy atom. The van der Waals surface area contributed by atoms with Crippen molar-refractivity contribution >= 4 is 17.2 Å². The van der Waals surface area contributed by atoms with Crippen LogP contribution >= 0.6 is 0 Å². The first-order valence-corrected chi connectivity index (χ1v) is 7.28. The molecule has 102 valence electrons. The molecule has 0 atom stereocenters. The van der Waals surface area contributed by atoms with Gasteiger partial charge in [0.15, 0.2) is 5.78 Å². The number of hydrogen-bond acceptors (Lipinski definition) is 2. The van der Waals surface area contributed by atoms with Crippen molar-refractivity contribution in [3.8, 4) is 0 Å². The van der Waals surface area contributed by atoms with E-state index in [0.29, 0.717) is 6.42 Å². The lowest BCUT2D eigenvalue weighted by Crippen LogP contribution is -2.24. The van der Waals surface area contributed by atoms with E-state index in [-0.39, 0.29) is 5.78 Å². The quantitative estimate of drug-likeness (QED) is 0.768. The summed E-state index contributed by atoms with van der Waals surface area (Å²) in [7, 11) is 0. The van der Waals surface area contributed by atoms with E-state index in [2.05, 4.69) is 41.3 Å². The highest BCUT2D eigenvalue weighted by atomic mass is 16.1. The first-order chi connectivity index (χ1) is 9.79. The third kappa shape index (κ3) is 2.34. The van der Waals surface area contributed by atoms with E-state index >= 15 is 0 Å². The highest BCUT2D eigenvalue weighted by Gasteiger charge is 2.17. The predicted molar refractivity (Wildman–Crippen MR) is 82.8 cm³/mol. The normalized spacial score (nSPS) is 13.9. The number of carbonyl (C=O) groups is 1. The molecule has 0 spiro atoms. The minimum Gasteiger partial charge on any atom is -0.341 e. The molecule has 0 unspecified atom stereocenters. The minimum absolute atomic E-state index is 0.204. The third-order valence-electron chi connectivity index (χ3n) is 3.93. The molecule has 2 heteroatoms. The lowest BCUT2D eigenvalue weighted by atomic mass is 10.0. The molecule has 0 N–H and O–H groups in total. The van der Waals surface area contributed by atoms with Crippen LogP contribution in [0.2, 0.25) is 0 Å². The highest BCUT2D eigenvalue weighted by molar-refractivity contribution is 5.96. The second kappa shape index (κ2) is 5.49. The number of para-hydroxylation sites is 1. The van der Waals surface area contributed by atoms with Gasteiger partial charge in [0.25, 0.3) is 0 Å². The van der Waals surface area contributed by atoms with E-state index in [1.807, 2.05) is 19.1 Å². The molecule has 1 aliphatic rings. The Kier molecular flexibility index (Phi) is 3.55. The summed E-state index contributed by atoms with van der Waals surface area (Å²) in [6.07, 6.45) is 2.89. The summed E-state index contributed by atoms with van der Waals surface area (Å²) >= 11 is 0. The van der Waals surface area contributed by atoms with Gasteiger partial charge in [-0.05, 0) is 48.7 Å². The fourth-order valence-corrected chi connectivity index (χ4v) is 2.83. The number of ketones is 1. The van der Waals surface area contributed by atoms with E-state index in [0.717, 1.165) is 18.5 Å². The maximum absolute atomic E-state index is 11.7. The van der Waals surface area contributed by atoms with Gasteiger partial charge in [0, 0.05) is 29.9 Å². The topological polar surface area (TPSA) is 20.3 Å². The van der Waals surface area contributed by atoms with E-state index in [9.17, 15) is 4.79 Å².